The molecule has 3 aromatic rings. The van der Waals surface area contributed by atoms with Crippen LogP contribution in [0.5, 0.6) is 23.0 Å². The predicted octanol–water partition coefficient (Wildman–Crippen LogP) is 4.14. The summed E-state index contributed by atoms with van der Waals surface area (Å²) in [6.45, 7) is 2.10. The molecule has 0 radical (unpaired) electrons. The van der Waals surface area contributed by atoms with E-state index in [0.29, 0.717) is 39.9 Å². The van der Waals surface area contributed by atoms with Gasteiger partial charge in [-0.1, -0.05) is 29.8 Å². The van der Waals surface area contributed by atoms with Crippen LogP contribution in [-0.2, 0) is 9.59 Å². The number of ether oxygens (including phenoxy) is 4. The average Bonchev–Trinajstić information content (AvgIpc) is 3.41. The van der Waals surface area contributed by atoms with Gasteiger partial charge < -0.3 is 24.3 Å². The van der Waals surface area contributed by atoms with E-state index in [1.165, 1.54) is 14.2 Å². The first kappa shape index (κ1) is 21.4. The maximum absolute atomic E-state index is 13.6. The summed E-state index contributed by atoms with van der Waals surface area (Å²) < 4.78 is 21.5. The molecule has 0 aliphatic carbocycles. The quantitative estimate of drug-likeness (QED) is 0.556. The van der Waals surface area contributed by atoms with Crippen molar-refractivity contribution in [2.75, 3.05) is 31.2 Å². The molecule has 5 rings (SSSR count). The number of imide groups is 1. The number of hydrogen-bond donors (Lipinski definition) is 1. The second-order valence-corrected chi connectivity index (χ2v) is 7.79. The summed E-state index contributed by atoms with van der Waals surface area (Å²) in [7, 11) is 3.02. The molecule has 3 aromatic carbocycles. The Bertz CT molecular complexity index is 1330. The highest BCUT2D eigenvalue weighted by Crippen LogP contribution is 2.39. The summed E-state index contributed by atoms with van der Waals surface area (Å²) >= 11 is 0. The summed E-state index contributed by atoms with van der Waals surface area (Å²) in [5.74, 6) is 1.18. The monoisotopic (exact) mass is 458 g/mol. The summed E-state index contributed by atoms with van der Waals surface area (Å²) in [4.78, 5) is 28.4. The molecule has 172 valence electrons. The Kier molecular flexibility index (Phi) is 5.33. The van der Waals surface area contributed by atoms with E-state index < -0.39 is 11.8 Å². The van der Waals surface area contributed by atoms with Crippen LogP contribution in [0.2, 0.25) is 0 Å². The lowest BCUT2D eigenvalue weighted by atomic mass is 10.0. The van der Waals surface area contributed by atoms with E-state index in [2.05, 4.69) is 5.32 Å². The third-order valence-electron chi connectivity index (χ3n) is 5.69. The van der Waals surface area contributed by atoms with Crippen molar-refractivity contribution in [2.24, 2.45) is 0 Å². The lowest BCUT2D eigenvalue weighted by molar-refractivity contribution is -0.120. The maximum Gasteiger partial charge on any atom is 0.282 e. The molecule has 2 amide bonds. The standard InChI is InChI=1S/C26H22N2O6/c1-15-4-6-16(7-5-15)23-24(27-17-8-10-20-22(12-17)34-14-33-20)26(30)28(25(23)29)18-9-11-19(31-2)21(13-18)32-3/h4-13,27H,14H2,1-3H3. The Labute approximate surface area is 196 Å². The molecule has 0 saturated carbocycles. The molecule has 0 aromatic heterocycles. The number of carbonyl (C=O) groups excluding carboxylic acids is 2. The van der Waals surface area contributed by atoms with E-state index in [1.54, 1.807) is 36.4 Å². The first-order chi connectivity index (χ1) is 16.5. The van der Waals surface area contributed by atoms with Gasteiger partial charge in [-0.25, -0.2) is 4.90 Å². The van der Waals surface area contributed by atoms with Gasteiger partial charge in [0.2, 0.25) is 6.79 Å². The zero-order valence-electron chi connectivity index (χ0n) is 18.9. The van der Waals surface area contributed by atoms with E-state index in [9.17, 15) is 9.59 Å². The smallest absolute Gasteiger partial charge is 0.282 e. The van der Waals surface area contributed by atoms with E-state index in [0.717, 1.165) is 10.5 Å². The molecule has 0 spiro atoms. The van der Waals surface area contributed by atoms with Crippen LogP contribution >= 0.6 is 0 Å². The molecule has 8 nitrogen and oxygen atoms in total. The van der Waals surface area contributed by atoms with Crippen LogP contribution < -0.4 is 29.2 Å². The molecule has 0 saturated heterocycles. The summed E-state index contributed by atoms with van der Waals surface area (Å²) in [6.07, 6.45) is 0. The SMILES string of the molecule is COc1ccc(N2C(=O)C(Nc3ccc4c(c3)OCO4)=C(c3ccc(C)cc3)C2=O)cc1OC. The molecule has 0 atom stereocenters. The van der Waals surface area contributed by atoms with Gasteiger partial charge in [0, 0.05) is 17.8 Å². The average molecular weight is 458 g/mol. The highest BCUT2D eigenvalue weighted by Gasteiger charge is 2.40. The van der Waals surface area contributed by atoms with Crippen molar-refractivity contribution < 1.29 is 28.5 Å². The topological polar surface area (TPSA) is 86.3 Å². The molecule has 34 heavy (non-hydrogen) atoms. The molecule has 0 unspecified atom stereocenters. The summed E-state index contributed by atoms with van der Waals surface area (Å²) in [6, 6.07) is 17.6. The van der Waals surface area contributed by atoms with Gasteiger partial charge in [-0.3, -0.25) is 9.59 Å². The molecule has 0 fully saturated rings. The fourth-order valence-electron chi connectivity index (χ4n) is 3.95. The van der Waals surface area contributed by atoms with Gasteiger partial charge in [-0.15, -0.1) is 0 Å². The number of anilines is 2. The van der Waals surface area contributed by atoms with Gasteiger partial charge in [-0.2, -0.15) is 0 Å². The molecule has 2 aliphatic rings. The van der Waals surface area contributed by atoms with Gasteiger partial charge in [0.15, 0.2) is 23.0 Å². The highest BCUT2D eigenvalue weighted by molar-refractivity contribution is 6.46. The van der Waals surface area contributed by atoms with Crippen LogP contribution in [0.25, 0.3) is 5.57 Å². The minimum absolute atomic E-state index is 0.139. The van der Waals surface area contributed by atoms with Gasteiger partial charge in [0.25, 0.3) is 11.8 Å². The molecule has 1 N–H and O–H groups in total. The normalized spacial score (nSPS) is 14.6. The second kappa shape index (κ2) is 8.47. The van der Waals surface area contributed by atoms with Gasteiger partial charge in [0.05, 0.1) is 25.5 Å². The number of amides is 2. The van der Waals surface area contributed by atoms with Crippen LogP contribution in [0, 0.1) is 6.92 Å². The summed E-state index contributed by atoms with van der Waals surface area (Å²) in [5.41, 5.74) is 3.09. The molecular formula is C26H22N2O6. The number of nitrogens with one attached hydrogen (secondary N) is 1. The van der Waals surface area contributed by atoms with Gasteiger partial charge >= 0.3 is 0 Å². The van der Waals surface area contributed by atoms with E-state index in [4.69, 9.17) is 18.9 Å². The number of hydrogen-bond acceptors (Lipinski definition) is 7. The van der Waals surface area contributed by atoms with E-state index in [-0.39, 0.29) is 18.1 Å². The Morgan fingerprint density at radius 2 is 1.56 bits per heavy atom. The number of fused-ring (bicyclic) bond motifs is 1. The highest BCUT2D eigenvalue weighted by atomic mass is 16.7. The van der Waals surface area contributed by atoms with Crippen molar-refractivity contribution in [1.29, 1.82) is 0 Å². The van der Waals surface area contributed by atoms with Crippen LogP contribution in [0.1, 0.15) is 11.1 Å². The Morgan fingerprint density at radius 3 is 2.29 bits per heavy atom. The lowest BCUT2D eigenvalue weighted by Crippen LogP contribution is -2.32. The number of carbonyl (C=O) groups is 2. The predicted molar refractivity (Wildman–Crippen MR) is 126 cm³/mol. The van der Waals surface area contributed by atoms with Crippen molar-refractivity contribution >= 4 is 28.8 Å². The third kappa shape index (κ3) is 3.59. The fourth-order valence-corrected chi connectivity index (χ4v) is 3.95. The molecule has 8 heteroatoms. The molecule has 0 bridgehead atoms. The third-order valence-corrected chi connectivity index (χ3v) is 5.69. The Balaban J connectivity index is 1.58. The summed E-state index contributed by atoms with van der Waals surface area (Å²) in [5, 5.41) is 3.14. The number of rotatable bonds is 6. The van der Waals surface area contributed by atoms with Gasteiger partial charge in [-0.05, 0) is 36.8 Å². The molecule has 2 aliphatic heterocycles. The van der Waals surface area contributed by atoms with Crippen LogP contribution in [0.3, 0.4) is 0 Å². The van der Waals surface area contributed by atoms with Crippen molar-refractivity contribution in [1.82, 2.24) is 0 Å². The fraction of sp³-hybridized carbons (Fsp3) is 0.154. The molecular weight excluding hydrogens is 436 g/mol. The first-order valence-electron chi connectivity index (χ1n) is 10.6. The van der Waals surface area contributed by atoms with Crippen LogP contribution in [0.15, 0.2) is 66.4 Å². The number of methoxy groups -OCH3 is 2. The number of benzene rings is 3. The molecule has 2 heterocycles. The van der Waals surface area contributed by atoms with Crippen molar-refractivity contribution in [3.63, 3.8) is 0 Å². The Morgan fingerprint density at radius 1 is 0.824 bits per heavy atom. The van der Waals surface area contributed by atoms with Crippen molar-refractivity contribution in [2.45, 2.75) is 6.92 Å². The van der Waals surface area contributed by atoms with E-state index >= 15 is 0 Å². The second-order valence-electron chi connectivity index (χ2n) is 7.79. The number of aryl methyl sites for hydroxylation is 1. The van der Waals surface area contributed by atoms with Crippen LogP contribution in [0.4, 0.5) is 11.4 Å². The zero-order valence-corrected chi connectivity index (χ0v) is 18.9. The minimum Gasteiger partial charge on any atom is -0.493 e. The minimum atomic E-state index is -0.481. The largest absolute Gasteiger partial charge is 0.493 e. The van der Waals surface area contributed by atoms with Gasteiger partial charge in [0.1, 0.15) is 5.70 Å². The number of nitrogens with zero attached hydrogens (tertiary/aromatic N) is 1. The van der Waals surface area contributed by atoms with Crippen molar-refractivity contribution in [3.8, 4) is 23.0 Å². The lowest BCUT2D eigenvalue weighted by Gasteiger charge is -2.17. The van der Waals surface area contributed by atoms with Crippen LogP contribution in [-0.4, -0.2) is 32.8 Å². The van der Waals surface area contributed by atoms with Crippen molar-refractivity contribution in [3.05, 3.63) is 77.5 Å². The first-order valence-corrected chi connectivity index (χ1v) is 10.6. The van der Waals surface area contributed by atoms with E-state index in [1.807, 2.05) is 31.2 Å². The Hall–Kier alpha value is -4.46. The maximum atomic E-state index is 13.6. The zero-order chi connectivity index (χ0) is 23.8.